The summed E-state index contributed by atoms with van der Waals surface area (Å²) in [5.41, 5.74) is 0. The van der Waals surface area contributed by atoms with E-state index in [0.29, 0.717) is 11.8 Å². The number of hydrogen-bond donors (Lipinski definition) is 1. The van der Waals surface area contributed by atoms with Crippen LogP contribution in [-0.4, -0.2) is 36.5 Å². The molecule has 0 spiro atoms. The van der Waals surface area contributed by atoms with Crippen molar-refractivity contribution in [2.45, 2.75) is 38.6 Å². The van der Waals surface area contributed by atoms with E-state index in [0.717, 1.165) is 44.2 Å². The lowest BCUT2D eigenvalue weighted by Gasteiger charge is -2.32. The summed E-state index contributed by atoms with van der Waals surface area (Å²) in [6, 6.07) is 4.20. The maximum Gasteiger partial charge on any atom is 0.289 e. The molecule has 2 aliphatic rings. The van der Waals surface area contributed by atoms with E-state index in [2.05, 4.69) is 5.32 Å². The third kappa shape index (κ3) is 3.18. The summed E-state index contributed by atoms with van der Waals surface area (Å²) < 4.78 is 5.41. The Bertz CT molecular complexity index is 443. The summed E-state index contributed by atoms with van der Waals surface area (Å²) in [5, 5.41) is 3.63. The molecule has 1 N–H and O–H groups in total. The highest BCUT2D eigenvalue weighted by atomic mass is 16.3. The molecule has 0 bridgehead atoms. The fourth-order valence-electron chi connectivity index (χ4n) is 2.65. The summed E-state index contributed by atoms with van der Waals surface area (Å²) in [5.74, 6) is 2.23. The van der Waals surface area contributed by atoms with Crippen molar-refractivity contribution in [1.29, 1.82) is 0 Å². The second-order valence-corrected chi connectivity index (χ2v) is 5.83. The van der Waals surface area contributed by atoms with Crippen molar-refractivity contribution in [3.05, 3.63) is 23.7 Å². The molecule has 0 atom stereocenters. The van der Waals surface area contributed by atoms with E-state index in [9.17, 15) is 4.79 Å². The van der Waals surface area contributed by atoms with Gasteiger partial charge in [-0.25, -0.2) is 0 Å². The Morgan fingerprint density at radius 1 is 1.32 bits per heavy atom. The van der Waals surface area contributed by atoms with Gasteiger partial charge in [-0.05, 0) is 57.2 Å². The van der Waals surface area contributed by atoms with E-state index in [4.69, 9.17) is 4.42 Å². The molecule has 2 heterocycles. The average molecular weight is 262 g/mol. The highest BCUT2D eigenvalue weighted by molar-refractivity contribution is 5.91. The number of amides is 1. The smallest absolute Gasteiger partial charge is 0.289 e. The van der Waals surface area contributed by atoms with Gasteiger partial charge >= 0.3 is 0 Å². The normalized spacial score (nSPS) is 20.8. The van der Waals surface area contributed by atoms with Crippen LogP contribution in [0, 0.1) is 12.8 Å². The number of piperidine rings is 1. The lowest BCUT2D eigenvalue weighted by atomic mass is 10.0. The van der Waals surface area contributed by atoms with Crippen LogP contribution in [-0.2, 0) is 0 Å². The van der Waals surface area contributed by atoms with Gasteiger partial charge in [0.1, 0.15) is 5.76 Å². The quantitative estimate of drug-likeness (QED) is 0.904. The third-order valence-corrected chi connectivity index (χ3v) is 4.13. The molecule has 1 aromatic rings. The molecule has 1 amide bonds. The Labute approximate surface area is 114 Å². The SMILES string of the molecule is Cc1ccc(C(=O)N2CCC(NCC3CC3)CC2)o1. The summed E-state index contributed by atoms with van der Waals surface area (Å²) in [4.78, 5) is 14.1. The summed E-state index contributed by atoms with van der Waals surface area (Å²) in [6.07, 6.45) is 4.89. The highest BCUT2D eigenvalue weighted by Crippen LogP contribution is 2.28. The molecule has 4 heteroatoms. The number of rotatable bonds is 4. The second kappa shape index (κ2) is 5.37. The maximum atomic E-state index is 12.2. The van der Waals surface area contributed by atoms with Gasteiger partial charge in [0, 0.05) is 19.1 Å². The Morgan fingerprint density at radius 2 is 2.05 bits per heavy atom. The Kier molecular flexibility index (Phi) is 3.60. The number of nitrogens with zero attached hydrogens (tertiary/aromatic N) is 1. The van der Waals surface area contributed by atoms with Crippen LogP contribution in [0.5, 0.6) is 0 Å². The molecule has 0 aromatic carbocycles. The van der Waals surface area contributed by atoms with Crippen molar-refractivity contribution < 1.29 is 9.21 Å². The Morgan fingerprint density at radius 3 is 2.63 bits per heavy atom. The summed E-state index contributed by atoms with van der Waals surface area (Å²) >= 11 is 0. The van der Waals surface area contributed by atoms with Gasteiger partial charge in [0.05, 0.1) is 0 Å². The minimum absolute atomic E-state index is 0.0359. The molecule has 2 fully saturated rings. The van der Waals surface area contributed by atoms with E-state index in [1.807, 2.05) is 17.9 Å². The second-order valence-electron chi connectivity index (χ2n) is 5.83. The molecular weight excluding hydrogens is 240 g/mol. The zero-order valence-electron chi connectivity index (χ0n) is 11.5. The molecule has 1 aliphatic carbocycles. The van der Waals surface area contributed by atoms with Crippen LogP contribution in [0.25, 0.3) is 0 Å². The standard InChI is InChI=1S/C15H22N2O2/c1-11-2-5-14(19-11)15(18)17-8-6-13(7-9-17)16-10-12-3-4-12/h2,5,12-13,16H,3-4,6-10H2,1H3. The van der Waals surface area contributed by atoms with Crippen LogP contribution in [0.2, 0.25) is 0 Å². The topological polar surface area (TPSA) is 45.5 Å². The number of carbonyl (C=O) groups is 1. The first-order chi connectivity index (χ1) is 9.22. The monoisotopic (exact) mass is 262 g/mol. The van der Waals surface area contributed by atoms with Gasteiger partial charge in [-0.15, -0.1) is 0 Å². The molecule has 1 aromatic heterocycles. The molecule has 0 unspecified atom stereocenters. The fraction of sp³-hybridized carbons (Fsp3) is 0.667. The Balaban J connectivity index is 1.47. The fourth-order valence-corrected chi connectivity index (χ4v) is 2.65. The molecule has 104 valence electrons. The summed E-state index contributed by atoms with van der Waals surface area (Å²) in [7, 11) is 0. The minimum Gasteiger partial charge on any atom is -0.456 e. The van der Waals surface area contributed by atoms with Crippen LogP contribution in [0.3, 0.4) is 0 Å². The van der Waals surface area contributed by atoms with Crippen molar-refractivity contribution in [1.82, 2.24) is 10.2 Å². The van der Waals surface area contributed by atoms with Crippen LogP contribution >= 0.6 is 0 Å². The third-order valence-electron chi connectivity index (χ3n) is 4.13. The summed E-state index contributed by atoms with van der Waals surface area (Å²) in [6.45, 7) is 4.70. The van der Waals surface area contributed by atoms with Crippen molar-refractivity contribution in [2.75, 3.05) is 19.6 Å². The minimum atomic E-state index is 0.0359. The van der Waals surface area contributed by atoms with Crippen molar-refractivity contribution in [3.63, 3.8) is 0 Å². The highest BCUT2D eigenvalue weighted by Gasteiger charge is 2.27. The predicted octanol–water partition coefficient (Wildman–Crippen LogP) is 2.19. The van der Waals surface area contributed by atoms with Crippen molar-refractivity contribution in [3.8, 4) is 0 Å². The van der Waals surface area contributed by atoms with Gasteiger partial charge in [0.2, 0.25) is 0 Å². The zero-order chi connectivity index (χ0) is 13.2. The molecule has 4 nitrogen and oxygen atoms in total. The number of likely N-dealkylation sites (tertiary alicyclic amines) is 1. The van der Waals surface area contributed by atoms with Gasteiger partial charge in [-0.3, -0.25) is 4.79 Å². The molecule has 19 heavy (non-hydrogen) atoms. The molecule has 0 radical (unpaired) electrons. The van der Waals surface area contributed by atoms with Gasteiger partial charge in [-0.1, -0.05) is 0 Å². The molecule has 1 saturated heterocycles. The first-order valence-electron chi connectivity index (χ1n) is 7.31. The van der Waals surface area contributed by atoms with Crippen molar-refractivity contribution in [2.24, 2.45) is 5.92 Å². The Hall–Kier alpha value is -1.29. The number of nitrogens with one attached hydrogen (secondary N) is 1. The first-order valence-corrected chi connectivity index (χ1v) is 7.31. The van der Waals surface area contributed by atoms with Gasteiger partial charge in [0.25, 0.3) is 5.91 Å². The molecule has 3 rings (SSSR count). The van der Waals surface area contributed by atoms with E-state index in [-0.39, 0.29) is 5.91 Å². The van der Waals surface area contributed by atoms with Gasteiger partial charge < -0.3 is 14.6 Å². The lowest BCUT2D eigenvalue weighted by molar-refractivity contribution is 0.0671. The largest absolute Gasteiger partial charge is 0.456 e. The predicted molar refractivity (Wildman–Crippen MR) is 73.1 cm³/mol. The number of carbonyl (C=O) groups excluding carboxylic acids is 1. The average Bonchev–Trinajstić information content (AvgIpc) is 3.17. The molecule has 1 aliphatic heterocycles. The number of furan rings is 1. The lowest BCUT2D eigenvalue weighted by Crippen LogP contribution is -2.45. The van der Waals surface area contributed by atoms with Crippen molar-refractivity contribution >= 4 is 5.91 Å². The molecule has 1 saturated carbocycles. The van der Waals surface area contributed by atoms with E-state index in [1.54, 1.807) is 6.07 Å². The van der Waals surface area contributed by atoms with Gasteiger partial charge in [-0.2, -0.15) is 0 Å². The van der Waals surface area contributed by atoms with Crippen LogP contribution in [0.1, 0.15) is 42.0 Å². The van der Waals surface area contributed by atoms with E-state index < -0.39 is 0 Å². The number of aryl methyl sites for hydroxylation is 1. The van der Waals surface area contributed by atoms with Crippen LogP contribution in [0.15, 0.2) is 16.5 Å². The van der Waals surface area contributed by atoms with E-state index >= 15 is 0 Å². The molecular formula is C15H22N2O2. The van der Waals surface area contributed by atoms with Crippen LogP contribution < -0.4 is 5.32 Å². The van der Waals surface area contributed by atoms with E-state index in [1.165, 1.54) is 12.8 Å². The first kappa shape index (κ1) is 12.7. The maximum absolute atomic E-state index is 12.2. The zero-order valence-corrected chi connectivity index (χ0v) is 11.5. The number of hydrogen-bond acceptors (Lipinski definition) is 3. The van der Waals surface area contributed by atoms with Crippen LogP contribution in [0.4, 0.5) is 0 Å². The van der Waals surface area contributed by atoms with Gasteiger partial charge in [0.15, 0.2) is 5.76 Å².